The molecular formula is C24H31N3O3. The highest BCUT2D eigenvalue weighted by Gasteiger charge is 2.43. The molecule has 0 N–H and O–H groups in total. The van der Waals surface area contributed by atoms with E-state index in [0.717, 1.165) is 81.9 Å². The molecule has 1 atom stereocenters. The highest BCUT2D eigenvalue weighted by Crippen LogP contribution is 2.40. The number of piperidine rings is 1. The number of benzene rings is 1. The number of aromatic nitrogens is 1. The van der Waals surface area contributed by atoms with Crippen LogP contribution in [0.25, 0.3) is 0 Å². The zero-order valence-electron chi connectivity index (χ0n) is 17.9. The highest BCUT2D eigenvalue weighted by atomic mass is 16.5. The van der Waals surface area contributed by atoms with Crippen molar-refractivity contribution in [2.45, 2.75) is 51.5 Å². The Bertz CT molecular complexity index is 924. The largest absolute Gasteiger partial charge is 0.497 e. The van der Waals surface area contributed by atoms with Crippen molar-refractivity contribution in [2.75, 3.05) is 33.3 Å². The number of aryl methyl sites for hydroxylation is 1. The number of likely N-dealkylation sites (tertiary alicyclic amines) is 2. The molecule has 2 aromatic rings. The molecule has 0 unspecified atom stereocenters. The predicted octanol–water partition coefficient (Wildman–Crippen LogP) is 3.69. The van der Waals surface area contributed by atoms with Gasteiger partial charge in [-0.1, -0.05) is 17.3 Å². The molecule has 3 aliphatic rings. The molecule has 160 valence electrons. The lowest BCUT2D eigenvalue weighted by Crippen LogP contribution is -2.45. The Balaban J connectivity index is 1.26. The van der Waals surface area contributed by atoms with Crippen molar-refractivity contribution in [2.24, 2.45) is 5.41 Å². The molecule has 1 aromatic heterocycles. The quantitative estimate of drug-likeness (QED) is 0.771. The molecular weight excluding hydrogens is 378 g/mol. The van der Waals surface area contributed by atoms with Gasteiger partial charge in [0, 0.05) is 43.6 Å². The second-order valence-electron chi connectivity index (χ2n) is 9.28. The first-order valence-electron chi connectivity index (χ1n) is 11.3. The third-order valence-corrected chi connectivity index (χ3v) is 7.16. The van der Waals surface area contributed by atoms with Crippen molar-refractivity contribution < 1.29 is 14.1 Å². The van der Waals surface area contributed by atoms with E-state index in [4.69, 9.17) is 9.26 Å². The van der Waals surface area contributed by atoms with Gasteiger partial charge < -0.3 is 14.2 Å². The minimum absolute atomic E-state index is 0.0729. The second-order valence-corrected chi connectivity index (χ2v) is 9.28. The molecule has 1 aliphatic carbocycles. The van der Waals surface area contributed by atoms with Crippen molar-refractivity contribution in [3.63, 3.8) is 0 Å². The van der Waals surface area contributed by atoms with Gasteiger partial charge in [0.1, 0.15) is 11.5 Å². The van der Waals surface area contributed by atoms with Gasteiger partial charge in [0.05, 0.1) is 7.11 Å². The molecule has 6 nitrogen and oxygen atoms in total. The van der Waals surface area contributed by atoms with E-state index < -0.39 is 0 Å². The Morgan fingerprint density at radius 1 is 1.17 bits per heavy atom. The Kier molecular flexibility index (Phi) is 5.27. The SMILES string of the molecule is COc1cccc(CN2CCC[C@@]3(CCN(C(=O)c4noc5c4CCCC5)C3)C2)c1. The maximum Gasteiger partial charge on any atom is 0.276 e. The van der Waals surface area contributed by atoms with E-state index in [-0.39, 0.29) is 11.3 Å². The van der Waals surface area contributed by atoms with Crippen LogP contribution in [0.1, 0.15) is 59.5 Å². The number of rotatable bonds is 4. The first-order chi connectivity index (χ1) is 14.7. The summed E-state index contributed by atoms with van der Waals surface area (Å²) < 4.78 is 10.9. The monoisotopic (exact) mass is 409 g/mol. The zero-order chi connectivity index (χ0) is 20.6. The Labute approximate surface area is 178 Å². The maximum atomic E-state index is 13.2. The maximum absolute atomic E-state index is 13.2. The number of hydrogen-bond donors (Lipinski definition) is 0. The topological polar surface area (TPSA) is 58.8 Å². The van der Waals surface area contributed by atoms with Crippen LogP contribution in [0.15, 0.2) is 28.8 Å². The normalized spacial score (nSPS) is 24.2. The van der Waals surface area contributed by atoms with Crippen LogP contribution in [0, 0.1) is 5.41 Å². The number of hydrogen-bond acceptors (Lipinski definition) is 5. The van der Waals surface area contributed by atoms with Crippen molar-refractivity contribution in [3.05, 3.63) is 46.8 Å². The van der Waals surface area contributed by atoms with Crippen LogP contribution in [0.4, 0.5) is 0 Å². The first-order valence-corrected chi connectivity index (χ1v) is 11.3. The van der Waals surface area contributed by atoms with E-state index in [1.165, 1.54) is 18.4 Å². The molecule has 1 spiro atoms. The minimum atomic E-state index is 0.0729. The van der Waals surface area contributed by atoms with Crippen molar-refractivity contribution in [1.29, 1.82) is 0 Å². The predicted molar refractivity (Wildman–Crippen MR) is 114 cm³/mol. The van der Waals surface area contributed by atoms with Gasteiger partial charge in [0.25, 0.3) is 5.91 Å². The van der Waals surface area contributed by atoms with Gasteiger partial charge in [-0.25, -0.2) is 0 Å². The molecule has 0 radical (unpaired) electrons. The summed E-state index contributed by atoms with van der Waals surface area (Å²) >= 11 is 0. The summed E-state index contributed by atoms with van der Waals surface area (Å²) in [4.78, 5) is 17.8. The second kappa shape index (κ2) is 8.06. The van der Waals surface area contributed by atoms with E-state index in [0.29, 0.717) is 5.69 Å². The van der Waals surface area contributed by atoms with Crippen LogP contribution < -0.4 is 4.74 Å². The summed E-state index contributed by atoms with van der Waals surface area (Å²) in [6.07, 6.45) is 7.55. The van der Waals surface area contributed by atoms with Gasteiger partial charge in [0.2, 0.25) is 0 Å². The number of nitrogens with zero attached hydrogens (tertiary/aromatic N) is 3. The molecule has 3 heterocycles. The lowest BCUT2D eigenvalue weighted by Gasteiger charge is -2.40. The molecule has 1 amide bonds. The smallest absolute Gasteiger partial charge is 0.276 e. The molecule has 5 rings (SSSR count). The first kappa shape index (κ1) is 19.6. The standard InChI is InChI=1S/C24H31N3O3/c1-29-19-7-4-6-18(14-19)15-26-12-5-10-24(16-26)11-13-27(17-24)23(28)22-20-8-2-3-9-21(20)30-25-22/h4,6-7,14H,2-3,5,8-13,15-17H2,1H3/t24-/m1/s1. The number of carbonyl (C=O) groups excluding carboxylic acids is 1. The summed E-state index contributed by atoms with van der Waals surface area (Å²) in [6.45, 7) is 4.76. The Morgan fingerprint density at radius 3 is 2.97 bits per heavy atom. The van der Waals surface area contributed by atoms with Crippen LogP contribution in [-0.4, -0.2) is 54.2 Å². The van der Waals surface area contributed by atoms with Gasteiger partial charge in [0.15, 0.2) is 5.69 Å². The highest BCUT2D eigenvalue weighted by molar-refractivity contribution is 5.94. The van der Waals surface area contributed by atoms with Gasteiger partial charge in [-0.05, 0) is 62.8 Å². The Morgan fingerprint density at radius 2 is 2.07 bits per heavy atom. The average Bonchev–Trinajstić information content (AvgIpc) is 3.38. The summed E-state index contributed by atoms with van der Waals surface area (Å²) in [5.74, 6) is 1.91. The van der Waals surface area contributed by atoms with E-state index in [9.17, 15) is 4.79 Å². The Hall–Kier alpha value is -2.34. The third kappa shape index (κ3) is 3.73. The molecule has 2 saturated heterocycles. The minimum Gasteiger partial charge on any atom is -0.497 e. The van der Waals surface area contributed by atoms with Gasteiger partial charge >= 0.3 is 0 Å². The van der Waals surface area contributed by atoms with E-state index in [1.807, 2.05) is 11.0 Å². The summed E-state index contributed by atoms with van der Waals surface area (Å²) in [7, 11) is 1.71. The molecule has 0 saturated carbocycles. The van der Waals surface area contributed by atoms with Crippen molar-refractivity contribution in [3.8, 4) is 5.75 Å². The van der Waals surface area contributed by atoms with Crippen LogP contribution in [0.5, 0.6) is 5.75 Å². The lowest BCUT2D eigenvalue weighted by atomic mass is 9.79. The molecule has 2 fully saturated rings. The van der Waals surface area contributed by atoms with E-state index in [2.05, 4.69) is 28.3 Å². The molecule has 30 heavy (non-hydrogen) atoms. The van der Waals surface area contributed by atoms with Crippen molar-refractivity contribution >= 4 is 5.91 Å². The fraction of sp³-hybridized carbons (Fsp3) is 0.583. The fourth-order valence-corrected chi connectivity index (χ4v) is 5.62. The fourth-order valence-electron chi connectivity index (χ4n) is 5.62. The van der Waals surface area contributed by atoms with Crippen LogP contribution >= 0.6 is 0 Å². The van der Waals surface area contributed by atoms with E-state index >= 15 is 0 Å². The summed E-state index contributed by atoms with van der Waals surface area (Å²) in [5.41, 5.74) is 3.13. The molecule has 6 heteroatoms. The zero-order valence-corrected chi connectivity index (χ0v) is 17.9. The average molecular weight is 410 g/mol. The van der Waals surface area contributed by atoms with E-state index in [1.54, 1.807) is 7.11 Å². The summed E-state index contributed by atoms with van der Waals surface area (Å²) in [5, 5.41) is 4.17. The summed E-state index contributed by atoms with van der Waals surface area (Å²) in [6, 6.07) is 8.34. The third-order valence-electron chi connectivity index (χ3n) is 7.16. The van der Waals surface area contributed by atoms with Gasteiger partial charge in [-0.15, -0.1) is 0 Å². The molecule has 2 aliphatic heterocycles. The number of amides is 1. The van der Waals surface area contributed by atoms with Crippen LogP contribution in [0.3, 0.4) is 0 Å². The molecule has 1 aromatic carbocycles. The van der Waals surface area contributed by atoms with Crippen molar-refractivity contribution in [1.82, 2.24) is 15.0 Å². The van der Waals surface area contributed by atoms with Gasteiger partial charge in [-0.3, -0.25) is 9.69 Å². The molecule has 0 bridgehead atoms. The van der Waals surface area contributed by atoms with Crippen LogP contribution in [-0.2, 0) is 19.4 Å². The van der Waals surface area contributed by atoms with Crippen LogP contribution in [0.2, 0.25) is 0 Å². The number of methoxy groups -OCH3 is 1. The number of fused-ring (bicyclic) bond motifs is 1. The number of carbonyl (C=O) groups is 1. The number of ether oxygens (including phenoxy) is 1. The lowest BCUT2D eigenvalue weighted by molar-refractivity contribution is 0.0666. The van der Waals surface area contributed by atoms with Gasteiger partial charge in [-0.2, -0.15) is 0 Å².